The summed E-state index contributed by atoms with van der Waals surface area (Å²) in [6, 6.07) is 6.45. The van der Waals surface area contributed by atoms with Crippen LogP contribution in [0.3, 0.4) is 0 Å². The summed E-state index contributed by atoms with van der Waals surface area (Å²) in [5.74, 6) is 0. The molecule has 0 bridgehead atoms. The Kier molecular flexibility index (Phi) is 3.45. The van der Waals surface area contributed by atoms with Gasteiger partial charge in [0.25, 0.3) is 17.1 Å². The van der Waals surface area contributed by atoms with E-state index in [0.717, 1.165) is 17.8 Å². The van der Waals surface area contributed by atoms with Crippen molar-refractivity contribution in [2.45, 2.75) is 16.2 Å². The monoisotopic (exact) mass is 333 g/mol. The Bertz CT molecular complexity index is 882. The van der Waals surface area contributed by atoms with E-state index in [2.05, 4.69) is 0 Å². The van der Waals surface area contributed by atoms with Gasteiger partial charge in [0.2, 0.25) is 0 Å². The Morgan fingerprint density at radius 1 is 0.826 bits per heavy atom. The molecule has 2 aromatic carbocycles. The van der Waals surface area contributed by atoms with Crippen LogP contribution in [0, 0.1) is 30.3 Å². The van der Waals surface area contributed by atoms with Crippen molar-refractivity contribution >= 4 is 28.8 Å². The summed E-state index contributed by atoms with van der Waals surface area (Å²) in [5.41, 5.74) is 0.305. The summed E-state index contributed by atoms with van der Waals surface area (Å²) >= 11 is 1.06. The summed E-state index contributed by atoms with van der Waals surface area (Å²) in [6.07, 6.45) is 0.198. The number of non-ortho nitro benzene ring substituents is 2. The number of hydrogen-bond donors (Lipinski definition) is 0. The molecule has 0 radical (unpaired) electrons. The maximum absolute atomic E-state index is 11.2. The van der Waals surface area contributed by atoms with Crippen LogP contribution >= 0.6 is 11.8 Å². The molecule has 9 nitrogen and oxygen atoms in total. The molecule has 0 unspecified atom stereocenters. The van der Waals surface area contributed by atoms with Gasteiger partial charge in [-0.15, -0.1) is 0 Å². The highest BCUT2D eigenvalue weighted by Gasteiger charge is 2.29. The van der Waals surface area contributed by atoms with Gasteiger partial charge in [0, 0.05) is 40.0 Å². The fraction of sp³-hybridized carbons (Fsp3) is 0.0769. The Balaban J connectivity index is 2.14. The molecule has 0 saturated carbocycles. The number of nitrogens with zero attached hydrogens (tertiary/aromatic N) is 3. The van der Waals surface area contributed by atoms with Gasteiger partial charge in [-0.1, -0.05) is 17.8 Å². The molecule has 116 valence electrons. The standard InChI is InChI=1S/C13H7N3O6S/c17-14(18)8-2-1-7-3-10-11(16(21)22)4-9(15(19)20)6-13(10)23-12(7)5-8/h1-2,4-6H,3H2. The number of nitro benzene ring substituents is 3. The smallest absolute Gasteiger partial charge is 0.258 e. The molecule has 2 aromatic rings. The Morgan fingerprint density at radius 2 is 1.48 bits per heavy atom. The summed E-state index contributed by atoms with van der Waals surface area (Å²) in [6.45, 7) is 0. The van der Waals surface area contributed by atoms with Gasteiger partial charge in [-0.2, -0.15) is 0 Å². The van der Waals surface area contributed by atoms with Gasteiger partial charge in [-0.25, -0.2) is 0 Å². The molecule has 1 aliphatic heterocycles. The second-order valence-electron chi connectivity index (χ2n) is 4.78. The quantitative estimate of drug-likeness (QED) is 0.530. The maximum atomic E-state index is 11.2. The van der Waals surface area contributed by atoms with Crippen LogP contribution < -0.4 is 0 Å². The normalized spacial score (nSPS) is 12.2. The first-order chi connectivity index (χ1) is 10.9. The van der Waals surface area contributed by atoms with E-state index in [1.165, 1.54) is 18.2 Å². The summed E-state index contributed by atoms with van der Waals surface area (Å²) < 4.78 is 0. The van der Waals surface area contributed by atoms with Crippen LogP contribution in [0.15, 0.2) is 40.1 Å². The summed E-state index contributed by atoms with van der Waals surface area (Å²) in [5, 5.41) is 33.0. The molecule has 0 atom stereocenters. The summed E-state index contributed by atoms with van der Waals surface area (Å²) in [4.78, 5) is 32.0. The highest BCUT2D eigenvalue weighted by atomic mass is 32.2. The molecule has 0 aromatic heterocycles. The molecule has 1 aliphatic rings. The van der Waals surface area contributed by atoms with E-state index in [-0.39, 0.29) is 23.5 Å². The maximum Gasteiger partial charge on any atom is 0.280 e. The third-order valence-corrected chi connectivity index (χ3v) is 4.61. The largest absolute Gasteiger partial charge is 0.280 e. The molecule has 0 amide bonds. The van der Waals surface area contributed by atoms with Crippen molar-refractivity contribution in [1.82, 2.24) is 0 Å². The zero-order valence-corrected chi connectivity index (χ0v) is 12.1. The van der Waals surface area contributed by atoms with Crippen LogP contribution in [0.25, 0.3) is 0 Å². The van der Waals surface area contributed by atoms with Gasteiger partial charge in [0.15, 0.2) is 0 Å². The van der Waals surface area contributed by atoms with E-state index < -0.39 is 14.8 Å². The number of hydrogen-bond acceptors (Lipinski definition) is 7. The lowest BCUT2D eigenvalue weighted by Gasteiger charge is -2.18. The van der Waals surface area contributed by atoms with Gasteiger partial charge >= 0.3 is 0 Å². The fourth-order valence-corrected chi connectivity index (χ4v) is 3.53. The Morgan fingerprint density at radius 3 is 2.09 bits per heavy atom. The predicted molar refractivity (Wildman–Crippen MR) is 79.8 cm³/mol. The highest BCUT2D eigenvalue weighted by molar-refractivity contribution is 7.99. The molecule has 0 aliphatic carbocycles. The van der Waals surface area contributed by atoms with Crippen LogP contribution in [0.5, 0.6) is 0 Å². The molecular formula is C13H7N3O6S. The van der Waals surface area contributed by atoms with Crippen molar-refractivity contribution in [3.05, 3.63) is 71.8 Å². The zero-order valence-electron chi connectivity index (χ0n) is 11.3. The van der Waals surface area contributed by atoms with Gasteiger partial charge in [0.1, 0.15) is 0 Å². The number of rotatable bonds is 3. The van der Waals surface area contributed by atoms with Crippen LogP contribution in [0.1, 0.15) is 11.1 Å². The molecule has 10 heteroatoms. The lowest BCUT2D eigenvalue weighted by atomic mass is 10.0. The van der Waals surface area contributed by atoms with Gasteiger partial charge in [-0.05, 0) is 5.56 Å². The molecule has 0 fully saturated rings. The molecule has 3 rings (SSSR count). The van der Waals surface area contributed by atoms with E-state index in [1.54, 1.807) is 6.07 Å². The lowest BCUT2D eigenvalue weighted by Crippen LogP contribution is -2.05. The Labute approximate surface area is 132 Å². The van der Waals surface area contributed by atoms with Crippen molar-refractivity contribution in [2.75, 3.05) is 0 Å². The summed E-state index contributed by atoms with van der Waals surface area (Å²) in [7, 11) is 0. The molecule has 1 heterocycles. The highest BCUT2D eigenvalue weighted by Crippen LogP contribution is 2.45. The third kappa shape index (κ3) is 2.59. The number of nitro groups is 3. The van der Waals surface area contributed by atoms with Crippen LogP contribution in [0.4, 0.5) is 17.1 Å². The van der Waals surface area contributed by atoms with Gasteiger partial charge in [0.05, 0.1) is 20.8 Å². The van der Waals surface area contributed by atoms with Crippen molar-refractivity contribution in [3.63, 3.8) is 0 Å². The zero-order chi connectivity index (χ0) is 16.7. The van der Waals surface area contributed by atoms with Crippen molar-refractivity contribution in [2.24, 2.45) is 0 Å². The van der Waals surface area contributed by atoms with Crippen LogP contribution in [-0.2, 0) is 6.42 Å². The van der Waals surface area contributed by atoms with E-state index in [1.807, 2.05) is 0 Å². The minimum absolute atomic E-state index is 0.0976. The second-order valence-corrected chi connectivity index (χ2v) is 5.87. The van der Waals surface area contributed by atoms with Crippen LogP contribution in [0.2, 0.25) is 0 Å². The van der Waals surface area contributed by atoms with Crippen molar-refractivity contribution < 1.29 is 14.8 Å². The SMILES string of the molecule is O=[N+]([O-])c1ccc2c(c1)Sc1cc([N+](=O)[O-])cc([N+](=O)[O-])c1C2. The minimum atomic E-state index is -0.698. The van der Waals surface area contributed by atoms with E-state index in [9.17, 15) is 30.3 Å². The van der Waals surface area contributed by atoms with E-state index >= 15 is 0 Å². The first-order valence-corrected chi connectivity index (χ1v) is 7.09. The van der Waals surface area contributed by atoms with Crippen LogP contribution in [-0.4, -0.2) is 14.8 Å². The average molecular weight is 333 g/mol. The first-order valence-electron chi connectivity index (χ1n) is 6.27. The fourth-order valence-electron chi connectivity index (χ4n) is 2.36. The third-order valence-electron chi connectivity index (χ3n) is 3.43. The van der Waals surface area contributed by atoms with Crippen molar-refractivity contribution in [1.29, 1.82) is 0 Å². The van der Waals surface area contributed by atoms with Gasteiger partial charge < -0.3 is 0 Å². The molecule has 23 heavy (non-hydrogen) atoms. The second kappa shape index (κ2) is 5.32. The predicted octanol–water partition coefficient (Wildman–Crippen LogP) is 3.47. The minimum Gasteiger partial charge on any atom is -0.258 e. The van der Waals surface area contributed by atoms with Gasteiger partial charge in [-0.3, -0.25) is 30.3 Å². The molecular weight excluding hydrogens is 326 g/mol. The number of fused-ring (bicyclic) bond motifs is 2. The topological polar surface area (TPSA) is 129 Å². The first kappa shape index (κ1) is 14.9. The molecule has 0 spiro atoms. The van der Waals surface area contributed by atoms with Crippen molar-refractivity contribution in [3.8, 4) is 0 Å². The van der Waals surface area contributed by atoms with E-state index in [4.69, 9.17) is 0 Å². The average Bonchev–Trinajstić information content (AvgIpc) is 2.50. The molecule has 0 saturated heterocycles. The Hall–Kier alpha value is -3.01. The number of benzene rings is 2. The lowest BCUT2D eigenvalue weighted by molar-refractivity contribution is -0.394. The van der Waals surface area contributed by atoms with E-state index in [0.29, 0.717) is 20.9 Å². The molecule has 0 N–H and O–H groups in total.